The lowest BCUT2D eigenvalue weighted by Crippen LogP contribution is -2.11. The van der Waals surface area contributed by atoms with Crippen LogP contribution in [0.1, 0.15) is 32.3 Å². The molecule has 0 aliphatic heterocycles. The first-order chi connectivity index (χ1) is 6.49. The summed E-state index contributed by atoms with van der Waals surface area (Å²) in [6.45, 7) is 9.80. The molecule has 0 saturated heterocycles. The molecule has 1 aromatic heterocycles. The summed E-state index contributed by atoms with van der Waals surface area (Å²) < 4.78 is 1.63. The average molecular weight is 192 g/mol. The molecule has 1 heterocycles. The molecule has 0 atom stereocenters. The molecule has 0 aromatic carbocycles. The van der Waals surface area contributed by atoms with E-state index in [1.54, 1.807) is 17.9 Å². The van der Waals surface area contributed by atoms with Crippen LogP contribution in [0.25, 0.3) is 0 Å². The van der Waals surface area contributed by atoms with Gasteiger partial charge in [-0.2, -0.15) is 5.10 Å². The molecule has 1 aromatic rings. The van der Waals surface area contributed by atoms with E-state index in [0.29, 0.717) is 5.82 Å². The lowest BCUT2D eigenvalue weighted by Gasteiger charge is -2.13. The van der Waals surface area contributed by atoms with Crippen LogP contribution in [0.5, 0.6) is 0 Å². The van der Waals surface area contributed by atoms with Gasteiger partial charge in [0.1, 0.15) is 0 Å². The zero-order valence-electron chi connectivity index (χ0n) is 9.15. The summed E-state index contributed by atoms with van der Waals surface area (Å²) in [4.78, 5) is 8.34. The number of hydrogen-bond acceptors (Lipinski definition) is 3. The second kappa shape index (κ2) is 3.74. The van der Waals surface area contributed by atoms with Crippen LogP contribution in [0.2, 0.25) is 0 Å². The summed E-state index contributed by atoms with van der Waals surface area (Å²) in [5.41, 5.74) is 1.01. The third-order valence-corrected chi connectivity index (χ3v) is 1.88. The van der Waals surface area contributed by atoms with Crippen LogP contribution in [0.4, 0.5) is 0 Å². The van der Waals surface area contributed by atoms with Gasteiger partial charge in [-0.1, -0.05) is 20.8 Å². The predicted octanol–water partition coefficient (Wildman–Crippen LogP) is 1.69. The number of imidazole rings is 1. The van der Waals surface area contributed by atoms with Crippen molar-refractivity contribution in [1.29, 1.82) is 0 Å². The average Bonchev–Trinajstić information content (AvgIpc) is 2.47. The number of rotatable bonds is 2. The highest BCUT2D eigenvalue weighted by Crippen LogP contribution is 2.20. The highest BCUT2D eigenvalue weighted by molar-refractivity contribution is 5.75. The molecule has 0 N–H and O–H groups in total. The molecule has 0 saturated carbocycles. The van der Waals surface area contributed by atoms with Gasteiger partial charge in [-0.15, -0.1) is 0 Å². The minimum atomic E-state index is 0.0201. The second-order valence-corrected chi connectivity index (χ2v) is 4.11. The molecule has 0 amide bonds. The highest BCUT2D eigenvalue weighted by atomic mass is 15.4. The van der Waals surface area contributed by atoms with Gasteiger partial charge in [-0.3, -0.25) is 4.99 Å². The number of aromatic nitrogens is 2. The topological polar surface area (TPSA) is 42.5 Å². The van der Waals surface area contributed by atoms with E-state index < -0.39 is 0 Å². The van der Waals surface area contributed by atoms with Crippen molar-refractivity contribution in [2.24, 2.45) is 10.1 Å². The Labute approximate surface area is 84.4 Å². The van der Waals surface area contributed by atoms with E-state index in [1.165, 1.54) is 0 Å². The Balaban J connectivity index is 3.19. The van der Waals surface area contributed by atoms with Crippen LogP contribution in [0.15, 0.2) is 16.3 Å². The molecule has 14 heavy (non-hydrogen) atoms. The van der Waals surface area contributed by atoms with Gasteiger partial charge in [0.05, 0.1) is 18.1 Å². The quantitative estimate of drug-likeness (QED) is 0.657. The Morgan fingerprint density at radius 1 is 1.50 bits per heavy atom. The van der Waals surface area contributed by atoms with Crippen LogP contribution in [-0.4, -0.2) is 29.6 Å². The first-order valence-electron chi connectivity index (χ1n) is 4.48. The largest absolute Gasteiger partial charge is 0.293 e. The summed E-state index contributed by atoms with van der Waals surface area (Å²) in [5.74, 6) is 0.715. The molecule has 76 valence electrons. The summed E-state index contributed by atoms with van der Waals surface area (Å²) in [7, 11) is 1.71. The minimum Gasteiger partial charge on any atom is -0.293 e. The van der Waals surface area contributed by atoms with Crippen molar-refractivity contribution in [1.82, 2.24) is 9.66 Å². The third-order valence-electron chi connectivity index (χ3n) is 1.88. The number of nitrogens with zero attached hydrogens (tertiary/aromatic N) is 4. The van der Waals surface area contributed by atoms with Crippen molar-refractivity contribution in [3.63, 3.8) is 0 Å². The molecular weight excluding hydrogens is 176 g/mol. The fourth-order valence-corrected chi connectivity index (χ4v) is 1.06. The first-order valence-corrected chi connectivity index (χ1v) is 4.48. The van der Waals surface area contributed by atoms with Gasteiger partial charge in [0.2, 0.25) is 0 Å². The maximum absolute atomic E-state index is 4.42. The van der Waals surface area contributed by atoms with Gasteiger partial charge in [0.25, 0.3) is 0 Å². The summed E-state index contributed by atoms with van der Waals surface area (Å²) >= 11 is 0. The molecule has 4 heteroatoms. The van der Waals surface area contributed by atoms with E-state index in [0.717, 1.165) is 5.69 Å². The van der Waals surface area contributed by atoms with Crippen molar-refractivity contribution in [2.75, 3.05) is 7.05 Å². The van der Waals surface area contributed by atoms with Gasteiger partial charge >= 0.3 is 0 Å². The Morgan fingerprint density at radius 3 is 2.57 bits per heavy atom. The molecule has 0 spiro atoms. The van der Waals surface area contributed by atoms with E-state index in [4.69, 9.17) is 0 Å². The van der Waals surface area contributed by atoms with Gasteiger partial charge < -0.3 is 0 Å². The fraction of sp³-hybridized carbons (Fsp3) is 0.500. The van der Waals surface area contributed by atoms with Gasteiger partial charge in [0, 0.05) is 19.2 Å². The molecule has 1 rings (SSSR count). The normalized spacial score (nSPS) is 12.3. The number of hydrogen-bond donors (Lipinski definition) is 0. The van der Waals surface area contributed by atoms with E-state index in [-0.39, 0.29) is 5.41 Å². The fourth-order valence-electron chi connectivity index (χ4n) is 1.06. The zero-order valence-corrected chi connectivity index (χ0v) is 9.15. The molecule has 4 nitrogen and oxygen atoms in total. The van der Waals surface area contributed by atoms with Gasteiger partial charge in [0.15, 0.2) is 5.82 Å². The molecular formula is C10H16N4. The van der Waals surface area contributed by atoms with Crippen molar-refractivity contribution >= 4 is 12.9 Å². The van der Waals surface area contributed by atoms with E-state index in [1.807, 2.05) is 6.20 Å². The van der Waals surface area contributed by atoms with Crippen molar-refractivity contribution in [3.05, 3.63) is 17.7 Å². The van der Waals surface area contributed by atoms with Crippen LogP contribution in [0, 0.1) is 0 Å². The van der Waals surface area contributed by atoms with E-state index in [2.05, 4.69) is 42.6 Å². The monoisotopic (exact) mass is 192 g/mol. The summed E-state index contributed by atoms with van der Waals surface area (Å²) in [6.07, 6.45) is 3.55. The van der Waals surface area contributed by atoms with E-state index >= 15 is 0 Å². The SMILES string of the molecule is C=Nn1cc(C(C)(C)C)nc1/C=N\C. The van der Waals surface area contributed by atoms with Crippen molar-refractivity contribution in [2.45, 2.75) is 26.2 Å². The van der Waals surface area contributed by atoms with Crippen molar-refractivity contribution < 1.29 is 0 Å². The Morgan fingerprint density at radius 2 is 2.14 bits per heavy atom. The first kappa shape index (κ1) is 10.6. The third kappa shape index (κ3) is 2.07. The standard InChI is InChI=1S/C10H16N4/c1-10(2,3)8-7-14(12-5)9(13-8)6-11-4/h6-7H,5H2,1-4H3/b11-6-. The molecule has 0 aliphatic rings. The van der Waals surface area contributed by atoms with Gasteiger partial charge in [-0.05, 0) is 0 Å². The molecule has 0 radical (unpaired) electrons. The second-order valence-electron chi connectivity index (χ2n) is 4.11. The lowest BCUT2D eigenvalue weighted by atomic mass is 9.93. The zero-order chi connectivity index (χ0) is 10.8. The van der Waals surface area contributed by atoms with E-state index in [9.17, 15) is 0 Å². The molecule has 0 aliphatic carbocycles. The molecule has 0 unspecified atom stereocenters. The smallest absolute Gasteiger partial charge is 0.171 e. The van der Waals surface area contributed by atoms with Gasteiger partial charge in [-0.25, -0.2) is 9.66 Å². The Kier molecular flexibility index (Phi) is 2.84. The minimum absolute atomic E-state index is 0.0201. The van der Waals surface area contributed by atoms with Crippen molar-refractivity contribution in [3.8, 4) is 0 Å². The maximum atomic E-state index is 4.42. The molecule has 0 fully saturated rings. The summed E-state index contributed by atoms with van der Waals surface area (Å²) in [5, 5.41) is 3.84. The lowest BCUT2D eigenvalue weighted by molar-refractivity contribution is 0.571. The summed E-state index contributed by atoms with van der Waals surface area (Å²) in [6, 6.07) is 0. The predicted molar refractivity (Wildman–Crippen MR) is 59.4 cm³/mol. The maximum Gasteiger partial charge on any atom is 0.171 e. The number of aliphatic imine (C=N–C) groups is 1. The van der Waals surface area contributed by atoms with Crippen LogP contribution < -0.4 is 0 Å². The van der Waals surface area contributed by atoms with Crippen LogP contribution in [0.3, 0.4) is 0 Å². The Hall–Kier alpha value is -1.45. The molecule has 0 bridgehead atoms. The van der Waals surface area contributed by atoms with Crippen LogP contribution >= 0.6 is 0 Å². The Bertz CT molecular complexity index is 355. The van der Waals surface area contributed by atoms with Crippen LogP contribution in [-0.2, 0) is 5.41 Å². The highest BCUT2D eigenvalue weighted by Gasteiger charge is 2.18.